The molecule has 0 spiro atoms. The monoisotopic (exact) mass is 278 g/mol. The van der Waals surface area contributed by atoms with Gasteiger partial charge in [-0.05, 0) is 11.6 Å². The zero-order chi connectivity index (χ0) is 13.3. The fraction of sp³-hybridized carbons (Fsp3) is 0.176. The number of hydrogen-bond acceptors (Lipinski definition) is 0. The van der Waals surface area contributed by atoms with Crippen LogP contribution in [0, 0.1) is 0 Å². The Morgan fingerprint density at radius 2 is 1.47 bits per heavy atom. The molecular weight excluding hydrogens is 260 g/mol. The molecule has 0 nitrogen and oxygen atoms in total. The highest BCUT2D eigenvalue weighted by atomic mass is 28.2. The zero-order valence-electron chi connectivity index (χ0n) is 11.2. The SMILES string of the molecule is CC(/C=C/C[Si]c1ccccc1)[Si]c1ccccc1. The molecule has 1 atom stereocenters. The fourth-order valence-electron chi connectivity index (χ4n) is 1.85. The molecule has 2 aromatic rings. The Kier molecular flexibility index (Phi) is 5.85. The largest absolute Gasteiger partial charge is 0.0913 e. The molecule has 0 heterocycles. The van der Waals surface area contributed by atoms with E-state index in [0.717, 1.165) is 25.1 Å². The standard InChI is InChI=1S/C17H18Si2/c1-15(19-17-12-6-3-7-13-17)9-8-14-18-16-10-4-2-5-11-16/h2-13,15H,14H2,1H3/b9-8+. The molecule has 2 rings (SSSR count). The molecule has 0 aliphatic carbocycles. The van der Waals surface area contributed by atoms with Crippen LogP contribution in [0.2, 0.25) is 11.6 Å². The zero-order valence-corrected chi connectivity index (χ0v) is 13.2. The summed E-state index contributed by atoms with van der Waals surface area (Å²) in [6, 6.07) is 22.6. The van der Waals surface area contributed by atoms with Crippen molar-refractivity contribution < 1.29 is 0 Å². The Hall–Kier alpha value is -1.39. The summed E-state index contributed by atoms with van der Waals surface area (Å²) >= 11 is 0. The van der Waals surface area contributed by atoms with Crippen molar-refractivity contribution in [3.8, 4) is 0 Å². The number of hydrogen-bond donors (Lipinski definition) is 0. The molecule has 0 aliphatic heterocycles. The van der Waals surface area contributed by atoms with Gasteiger partial charge in [-0.15, -0.1) is 0 Å². The number of benzene rings is 2. The Morgan fingerprint density at radius 1 is 0.895 bits per heavy atom. The topological polar surface area (TPSA) is 0 Å². The van der Waals surface area contributed by atoms with Gasteiger partial charge in [0.05, 0.1) is 19.0 Å². The third-order valence-corrected chi connectivity index (χ3v) is 5.29. The lowest BCUT2D eigenvalue weighted by Crippen LogP contribution is -2.16. The van der Waals surface area contributed by atoms with Gasteiger partial charge in [0.25, 0.3) is 0 Å². The predicted molar refractivity (Wildman–Crippen MR) is 87.0 cm³/mol. The van der Waals surface area contributed by atoms with Gasteiger partial charge in [-0.1, -0.05) is 90.1 Å². The van der Waals surface area contributed by atoms with Gasteiger partial charge in [0.15, 0.2) is 0 Å². The maximum absolute atomic E-state index is 2.36. The summed E-state index contributed by atoms with van der Waals surface area (Å²) in [6.07, 6.45) is 4.70. The summed E-state index contributed by atoms with van der Waals surface area (Å²) < 4.78 is 0. The van der Waals surface area contributed by atoms with Gasteiger partial charge < -0.3 is 0 Å². The van der Waals surface area contributed by atoms with E-state index in [0.29, 0.717) is 5.54 Å². The molecule has 94 valence electrons. The molecule has 0 amide bonds. The first-order valence-corrected chi connectivity index (χ1v) is 8.90. The normalized spacial score (nSPS) is 12.7. The summed E-state index contributed by atoms with van der Waals surface area (Å²) in [5.41, 5.74) is 0.642. The average molecular weight is 279 g/mol. The first kappa shape index (κ1) is 14.0. The summed E-state index contributed by atoms with van der Waals surface area (Å²) in [5.74, 6) is 0. The Bertz CT molecular complexity index is 491. The number of allylic oxidation sites excluding steroid dienone is 2. The highest BCUT2D eigenvalue weighted by molar-refractivity contribution is 6.55. The van der Waals surface area contributed by atoms with E-state index < -0.39 is 0 Å². The third-order valence-electron chi connectivity index (χ3n) is 2.79. The summed E-state index contributed by atoms with van der Waals surface area (Å²) in [7, 11) is 1.76. The second-order valence-corrected chi connectivity index (χ2v) is 7.59. The third kappa shape index (κ3) is 5.41. The quantitative estimate of drug-likeness (QED) is 0.563. The van der Waals surface area contributed by atoms with Gasteiger partial charge in [-0.3, -0.25) is 0 Å². The van der Waals surface area contributed by atoms with E-state index in [2.05, 4.69) is 79.7 Å². The van der Waals surface area contributed by atoms with Crippen molar-refractivity contribution in [3.63, 3.8) is 0 Å². The first-order chi connectivity index (χ1) is 9.34. The summed E-state index contributed by atoms with van der Waals surface area (Å²) in [5, 5.41) is 2.90. The van der Waals surface area contributed by atoms with Crippen LogP contribution in [-0.2, 0) is 0 Å². The number of rotatable bonds is 6. The molecule has 0 N–H and O–H groups in total. The van der Waals surface area contributed by atoms with Gasteiger partial charge >= 0.3 is 0 Å². The minimum Gasteiger partial charge on any atom is -0.0913 e. The maximum Gasteiger partial charge on any atom is 0.0881 e. The van der Waals surface area contributed by atoms with E-state index in [4.69, 9.17) is 0 Å². The first-order valence-electron chi connectivity index (χ1n) is 6.62. The van der Waals surface area contributed by atoms with E-state index in [1.165, 1.54) is 10.4 Å². The summed E-state index contributed by atoms with van der Waals surface area (Å²) in [4.78, 5) is 0. The molecular formula is C17H18Si2. The van der Waals surface area contributed by atoms with Crippen LogP contribution in [0.25, 0.3) is 0 Å². The van der Waals surface area contributed by atoms with E-state index in [-0.39, 0.29) is 0 Å². The molecule has 0 aromatic heterocycles. The molecule has 0 aliphatic rings. The van der Waals surface area contributed by atoms with Gasteiger partial charge in [0.2, 0.25) is 0 Å². The van der Waals surface area contributed by atoms with Crippen molar-refractivity contribution in [1.29, 1.82) is 0 Å². The Morgan fingerprint density at radius 3 is 2.11 bits per heavy atom. The molecule has 2 aromatic carbocycles. The van der Waals surface area contributed by atoms with Crippen LogP contribution in [0.4, 0.5) is 0 Å². The van der Waals surface area contributed by atoms with Crippen molar-refractivity contribution in [1.82, 2.24) is 0 Å². The molecule has 2 heteroatoms. The van der Waals surface area contributed by atoms with E-state index in [1.54, 1.807) is 0 Å². The van der Waals surface area contributed by atoms with Crippen LogP contribution >= 0.6 is 0 Å². The minimum atomic E-state index is 0.642. The lowest BCUT2D eigenvalue weighted by atomic mass is 10.4. The second-order valence-electron chi connectivity index (χ2n) is 4.47. The van der Waals surface area contributed by atoms with Gasteiger partial charge in [-0.2, -0.15) is 0 Å². The van der Waals surface area contributed by atoms with Gasteiger partial charge in [0, 0.05) is 0 Å². The van der Waals surface area contributed by atoms with Gasteiger partial charge in [-0.25, -0.2) is 0 Å². The van der Waals surface area contributed by atoms with Crippen molar-refractivity contribution in [2.75, 3.05) is 0 Å². The van der Waals surface area contributed by atoms with E-state index >= 15 is 0 Å². The molecule has 0 bridgehead atoms. The highest BCUT2D eigenvalue weighted by Gasteiger charge is 2.00. The van der Waals surface area contributed by atoms with Crippen LogP contribution in [0.15, 0.2) is 72.8 Å². The molecule has 19 heavy (non-hydrogen) atoms. The van der Waals surface area contributed by atoms with Crippen LogP contribution in [0.1, 0.15) is 6.92 Å². The smallest absolute Gasteiger partial charge is 0.0881 e. The van der Waals surface area contributed by atoms with Crippen molar-refractivity contribution in [3.05, 3.63) is 72.8 Å². The highest BCUT2D eigenvalue weighted by Crippen LogP contribution is 2.04. The molecule has 0 saturated heterocycles. The van der Waals surface area contributed by atoms with E-state index in [1.807, 2.05) is 0 Å². The van der Waals surface area contributed by atoms with E-state index in [9.17, 15) is 0 Å². The maximum atomic E-state index is 2.36. The lowest BCUT2D eigenvalue weighted by molar-refractivity contribution is 1.19. The van der Waals surface area contributed by atoms with Crippen LogP contribution in [0.3, 0.4) is 0 Å². The van der Waals surface area contributed by atoms with Crippen molar-refractivity contribution >= 4 is 29.4 Å². The van der Waals surface area contributed by atoms with Crippen LogP contribution < -0.4 is 10.4 Å². The predicted octanol–water partition coefficient (Wildman–Crippen LogP) is 2.83. The van der Waals surface area contributed by atoms with Crippen LogP contribution in [-0.4, -0.2) is 19.0 Å². The Labute approximate surface area is 121 Å². The molecule has 4 radical (unpaired) electrons. The van der Waals surface area contributed by atoms with Crippen molar-refractivity contribution in [2.24, 2.45) is 0 Å². The Balaban J connectivity index is 1.73. The molecule has 0 fully saturated rings. The fourth-order valence-corrected chi connectivity index (χ4v) is 3.91. The van der Waals surface area contributed by atoms with Gasteiger partial charge in [0.1, 0.15) is 0 Å². The van der Waals surface area contributed by atoms with Crippen molar-refractivity contribution in [2.45, 2.75) is 18.5 Å². The van der Waals surface area contributed by atoms with Crippen LogP contribution in [0.5, 0.6) is 0 Å². The average Bonchev–Trinajstić information content (AvgIpc) is 2.46. The summed E-state index contributed by atoms with van der Waals surface area (Å²) in [6.45, 7) is 2.30. The molecule has 0 saturated carbocycles. The second kappa shape index (κ2) is 7.92. The lowest BCUT2D eigenvalue weighted by Gasteiger charge is -2.04. The minimum absolute atomic E-state index is 0.642. The molecule has 1 unspecified atom stereocenters.